The average molecular weight is 369 g/mol. The summed E-state index contributed by atoms with van der Waals surface area (Å²) in [7, 11) is 0.725. The van der Waals surface area contributed by atoms with Gasteiger partial charge in [-0.1, -0.05) is 12.1 Å². The smallest absolute Gasteiger partial charge is 0.399 e. The van der Waals surface area contributed by atoms with Crippen molar-refractivity contribution in [3.05, 3.63) is 29.3 Å². The second-order valence-electron chi connectivity index (χ2n) is 8.04. The fourth-order valence-corrected chi connectivity index (χ4v) is 2.91. The first kappa shape index (κ1) is 19.2. The molecule has 1 amide bonds. The number of nitrogens with zero attached hydrogens (tertiary/aromatic N) is 1. The number of benzene rings is 1. The van der Waals surface area contributed by atoms with E-state index in [-0.39, 0.29) is 11.6 Å². The molecule has 142 valence electrons. The minimum Gasteiger partial charge on any atom is -0.399 e. The van der Waals surface area contributed by atoms with Crippen molar-refractivity contribution in [1.29, 1.82) is 0 Å². The molecule has 8 heteroatoms. The Bertz CT molecular complexity index is 713. The number of alkyl halides is 3. The molecule has 0 bridgehead atoms. The summed E-state index contributed by atoms with van der Waals surface area (Å²) in [6.45, 7) is 7.42. The van der Waals surface area contributed by atoms with Gasteiger partial charge in [0.1, 0.15) is 0 Å². The molecule has 1 aliphatic heterocycles. The zero-order valence-electron chi connectivity index (χ0n) is 15.6. The van der Waals surface area contributed by atoms with Crippen LogP contribution in [0.15, 0.2) is 18.2 Å². The van der Waals surface area contributed by atoms with Crippen molar-refractivity contribution >= 4 is 18.5 Å². The molecule has 2 fully saturated rings. The molecule has 0 aromatic heterocycles. The molecular formula is C18H23BF3NO3. The summed E-state index contributed by atoms with van der Waals surface area (Å²) in [4.78, 5) is 14.4. The predicted molar refractivity (Wildman–Crippen MR) is 92.3 cm³/mol. The van der Waals surface area contributed by atoms with E-state index in [2.05, 4.69) is 0 Å². The second kappa shape index (κ2) is 5.99. The molecule has 1 saturated heterocycles. The van der Waals surface area contributed by atoms with Gasteiger partial charge in [-0.25, -0.2) is 0 Å². The van der Waals surface area contributed by atoms with E-state index < -0.39 is 36.0 Å². The van der Waals surface area contributed by atoms with Crippen molar-refractivity contribution < 1.29 is 27.3 Å². The molecule has 0 N–H and O–H groups in total. The summed E-state index contributed by atoms with van der Waals surface area (Å²) < 4.78 is 51.4. The van der Waals surface area contributed by atoms with Gasteiger partial charge in [-0.05, 0) is 52.1 Å². The number of carbonyl (C=O) groups excluding carboxylic acids is 1. The van der Waals surface area contributed by atoms with Crippen molar-refractivity contribution in [3.63, 3.8) is 0 Å². The number of carbonyl (C=O) groups is 1. The minimum absolute atomic E-state index is 0.0206. The molecular weight excluding hydrogens is 346 g/mol. The van der Waals surface area contributed by atoms with Crippen molar-refractivity contribution in [2.45, 2.75) is 64.0 Å². The Morgan fingerprint density at radius 3 is 2.15 bits per heavy atom. The van der Waals surface area contributed by atoms with Crippen LogP contribution >= 0.6 is 0 Å². The molecule has 1 aliphatic carbocycles. The van der Waals surface area contributed by atoms with E-state index in [1.54, 1.807) is 7.05 Å². The van der Waals surface area contributed by atoms with E-state index in [9.17, 15) is 18.0 Å². The van der Waals surface area contributed by atoms with Crippen molar-refractivity contribution in [2.24, 2.45) is 0 Å². The lowest BCUT2D eigenvalue weighted by Crippen LogP contribution is -2.41. The van der Waals surface area contributed by atoms with E-state index in [0.717, 1.165) is 25.0 Å². The van der Waals surface area contributed by atoms with Gasteiger partial charge in [0.15, 0.2) is 0 Å². The maximum atomic E-state index is 13.2. The Hall–Kier alpha value is -1.54. The number of halogens is 3. The molecule has 1 aromatic carbocycles. The molecule has 26 heavy (non-hydrogen) atoms. The third-order valence-corrected chi connectivity index (χ3v) is 5.53. The highest BCUT2D eigenvalue weighted by molar-refractivity contribution is 6.63. The van der Waals surface area contributed by atoms with Crippen LogP contribution in [-0.2, 0) is 15.5 Å². The Morgan fingerprint density at radius 2 is 1.69 bits per heavy atom. The van der Waals surface area contributed by atoms with Gasteiger partial charge in [-0.15, -0.1) is 0 Å². The summed E-state index contributed by atoms with van der Waals surface area (Å²) in [6, 6.07) is 3.25. The van der Waals surface area contributed by atoms with Gasteiger partial charge in [0.2, 0.25) is 0 Å². The van der Waals surface area contributed by atoms with Crippen LogP contribution in [0.5, 0.6) is 0 Å². The lowest BCUT2D eigenvalue weighted by Gasteiger charge is -2.32. The average Bonchev–Trinajstić information content (AvgIpc) is 3.32. The fraction of sp³-hybridized carbons (Fsp3) is 0.611. The second-order valence-corrected chi connectivity index (χ2v) is 8.04. The zero-order chi connectivity index (χ0) is 19.5. The summed E-state index contributed by atoms with van der Waals surface area (Å²) >= 11 is 0. The van der Waals surface area contributed by atoms with Gasteiger partial charge < -0.3 is 14.2 Å². The van der Waals surface area contributed by atoms with Gasteiger partial charge in [0, 0.05) is 18.7 Å². The minimum atomic E-state index is -4.53. The SMILES string of the molecule is CN(C(=O)c1cc(C(F)(F)F)ccc1B1OC(C)(C)C(C)(C)O1)C1CC1. The molecule has 0 spiro atoms. The van der Waals surface area contributed by atoms with E-state index in [0.29, 0.717) is 5.46 Å². The van der Waals surface area contributed by atoms with E-state index in [4.69, 9.17) is 9.31 Å². The highest BCUT2D eigenvalue weighted by Crippen LogP contribution is 2.37. The molecule has 3 rings (SSSR count). The van der Waals surface area contributed by atoms with Crippen molar-refractivity contribution in [3.8, 4) is 0 Å². The Morgan fingerprint density at radius 1 is 1.15 bits per heavy atom. The van der Waals surface area contributed by atoms with Crippen molar-refractivity contribution in [2.75, 3.05) is 7.05 Å². The highest BCUT2D eigenvalue weighted by Gasteiger charge is 2.53. The van der Waals surface area contributed by atoms with Gasteiger partial charge in [0.05, 0.1) is 16.8 Å². The maximum absolute atomic E-state index is 13.2. The lowest BCUT2D eigenvalue weighted by atomic mass is 9.75. The fourth-order valence-electron chi connectivity index (χ4n) is 2.91. The molecule has 4 nitrogen and oxygen atoms in total. The number of amides is 1. The van der Waals surface area contributed by atoms with Crippen LogP contribution in [0.2, 0.25) is 0 Å². The molecule has 1 heterocycles. The van der Waals surface area contributed by atoms with Gasteiger partial charge in [-0.2, -0.15) is 13.2 Å². The first-order valence-electron chi connectivity index (χ1n) is 8.67. The Kier molecular flexibility index (Phi) is 4.43. The van der Waals surface area contributed by atoms with Crippen LogP contribution in [0, 0.1) is 0 Å². The highest BCUT2D eigenvalue weighted by atomic mass is 19.4. The van der Waals surface area contributed by atoms with Crippen LogP contribution in [0.25, 0.3) is 0 Å². The van der Waals surface area contributed by atoms with Crippen LogP contribution in [-0.4, -0.2) is 42.2 Å². The van der Waals surface area contributed by atoms with Crippen LogP contribution in [0.3, 0.4) is 0 Å². The topological polar surface area (TPSA) is 38.8 Å². The predicted octanol–water partition coefficient (Wildman–Crippen LogP) is 3.24. The van der Waals surface area contributed by atoms with Crippen molar-refractivity contribution in [1.82, 2.24) is 4.90 Å². The molecule has 0 atom stereocenters. The van der Waals surface area contributed by atoms with E-state index in [1.165, 1.54) is 11.0 Å². The molecule has 0 unspecified atom stereocenters. The lowest BCUT2D eigenvalue weighted by molar-refractivity contribution is -0.137. The molecule has 1 aromatic rings. The maximum Gasteiger partial charge on any atom is 0.495 e. The van der Waals surface area contributed by atoms with Gasteiger partial charge in [-0.3, -0.25) is 4.79 Å². The van der Waals surface area contributed by atoms with Crippen LogP contribution in [0.1, 0.15) is 56.5 Å². The van der Waals surface area contributed by atoms with Crippen LogP contribution < -0.4 is 5.46 Å². The first-order chi connectivity index (χ1) is 11.8. The first-order valence-corrected chi connectivity index (χ1v) is 8.67. The summed E-state index contributed by atoms with van der Waals surface area (Å²) in [5, 5.41) is 0. The summed E-state index contributed by atoms with van der Waals surface area (Å²) in [5.74, 6) is -0.441. The van der Waals surface area contributed by atoms with E-state index >= 15 is 0 Å². The van der Waals surface area contributed by atoms with Crippen LogP contribution in [0.4, 0.5) is 13.2 Å². The quantitative estimate of drug-likeness (QED) is 0.768. The summed E-state index contributed by atoms with van der Waals surface area (Å²) in [5.41, 5.74) is -1.85. The van der Waals surface area contributed by atoms with E-state index in [1.807, 2.05) is 27.7 Å². The number of hydrogen-bond acceptors (Lipinski definition) is 3. The summed E-state index contributed by atoms with van der Waals surface area (Å²) in [6.07, 6.45) is -2.79. The van der Waals surface area contributed by atoms with Gasteiger partial charge in [0.25, 0.3) is 5.91 Å². The zero-order valence-corrected chi connectivity index (χ0v) is 15.6. The molecule has 0 radical (unpaired) electrons. The Balaban J connectivity index is 2.03. The third kappa shape index (κ3) is 3.36. The third-order valence-electron chi connectivity index (χ3n) is 5.53. The normalized spacial score (nSPS) is 21.8. The standard InChI is InChI=1S/C18H23BF3NO3/c1-16(2)17(3,4)26-19(25-16)14-9-6-11(18(20,21)22)10-13(14)15(24)23(5)12-7-8-12/h6,9-10,12H,7-8H2,1-5H3. The van der Waals surface area contributed by atoms with Gasteiger partial charge >= 0.3 is 13.3 Å². The number of hydrogen-bond donors (Lipinski definition) is 0. The monoisotopic (exact) mass is 369 g/mol. The number of rotatable bonds is 3. The molecule has 1 saturated carbocycles. The molecule has 2 aliphatic rings. The Labute approximate surface area is 151 Å². The largest absolute Gasteiger partial charge is 0.495 e.